The number of ether oxygens (including phenoxy) is 1. The number of carbonyl (C=O) groups is 1. The Kier molecular flexibility index (Phi) is 7.08. The van der Waals surface area contributed by atoms with Crippen LogP contribution in [0.4, 0.5) is 0 Å². The second-order valence-corrected chi connectivity index (χ2v) is 9.03. The predicted molar refractivity (Wildman–Crippen MR) is 128 cm³/mol. The summed E-state index contributed by atoms with van der Waals surface area (Å²) in [5, 5.41) is 4.43. The van der Waals surface area contributed by atoms with Crippen molar-refractivity contribution in [1.82, 2.24) is 5.09 Å². The third-order valence-corrected chi connectivity index (χ3v) is 6.46. The molecule has 0 saturated heterocycles. The van der Waals surface area contributed by atoms with E-state index in [0.717, 1.165) is 16.3 Å². The number of benzene rings is 4. The number of hydrogen-bond donors (Lipinski definition) is 1. The first kappa shape index (κ1) is 22.6. The largest absolute Gasteiger partial charge is 0.513 e. The summed E-state index contributed by atoms with van der Waals surface area (Å²) in [6, 6.07) is 30.1. The minimum Gasteiger partial charge on any atom is -0.460 e. The fraction of sp³-hybridized carbons (Fsp3) is 0.115. The van der Waals surface area contributed by atoms with Gasteiger partial charge in [0.1, 0.15) is 24.1 Å². The van der Waals surface area contributed by atoms with Gasteiger partial charge in [-0.3, -0.25) is 4.79 Å². The SMILES string of the molecule is C[C@H](NP(=O)(Oc1ccccc1)Oc1cccc2ccccc12)C(=O)OCc1ccccc1. The van der Waals surface area contributed by atoms with Crippen LogP contribution in [0.25, 0.3) is 10.8 Å². The van der Waals surface area contributed by atoms with Crippen molar-refractivity contribution >= 4 is 24.5 Å². The molecular weight excluding hydrogens is 437 g/mol. The van der Waals surface area contributed by atoms with E-state index in [2.05, 4.69) is 5.09 Å². The maximum absolute atomic E-state index is 13.8. The summed E-state index contributed by atoms with van der Waals surface area (Å²) in [5.74, 6) is 0.153. The molecule has 0 radical (unpaired) electrons. The number of hydrogen-bond acceptors (Lipinski definition) is 5. The van der Waals surface area contributed by atoms with Crippen LogP contribution < -0.4 is 14.1 Å². The number of fused-ring (bicyclic) bond motifs is 1. The van der Waals surface area contributed by atoms with Crippen molar-refractivity contribution in [3.05, 3.63) is 109 Å². The monoisotopic (exact) mass is 461 g/mol. The Morgan fingerprint density at radius 2 is 1.45 bits per heavy atom. The molecule has 4 aromatic rings. The molecule has 0 aliphatic heterocycles. The second kappa shape index (κ2) is 10.3. The molecule has 0 bridgehead atoms. The number of carbonyl (C=O) groups excluding carboxylic acids is 1. The van der Waals surface area contributed by atoms with Gasteiger partial charge in [0.2, 0.25) is 0 Å². The minimum atomic E-state index is -4.02. The molecular formula is C26H24NO5P. The van der Waals surface area contributed by atoms with Crippen molar-refractivity contribution in [2.75, 3.05) is 0 Å². The van der Waals surface area contributed by atoms with Gasteiger partial charge in [0.25, 0.3) is 0 Å². The molecule has 4 rings (SSSR count). The predicted octanol–water partition coefficient (Wildman–Crippen LogP) is 6.13. The molecule has 0 saturated carbocycles. The lowest BCUT2D eigenvalue weighted by Gasteiger charge is -2.23. The van der Waals surface area contributed by atoms with Crippen molar-refractivity contribution in [2.45, 2.75) is 19.6 Å². The van der Waals surface area contributed by atoms with Gasteiger partial charge in [0.05, 0.1) is 0 Å². The van der Waals surface area contributed by atoms with E-state index in [9.17, 15) is 9.36 Å². The molecule has 7 heteroatoms. The average molecular weight is 461 g/mol. The van der Waals surface area contributed by atoms with Gasteiger partial charge in [0.15, 0.2) is 0 Å². The molecule has 33 heavy (non-hydrogen) atoms. The van der Waals surface area contributed by atoms with Crippen LogP contribution >= 0.6 is 7.75 Å². The van der Waals surface area contributed by atoms with E-state index < -0.39 is 19.8 Å². The van der Waals surface area contributed by atoms with Crippen LogP contribution in [0.5, 0.6) is 11.5 Å². The smallest absolute Gasteiger partial charge is 0.460 e. The second-order valence-electron chi connectivity index (χ2n) is 7.41. The van der Waals surface area contributed by atoms with Gasteiger partial charge in [-0.25, -0.2) is 4.57 Å². The van der Waals surface area contributed by atoms with E-state index in [1.807, 2.05) is 72.8 Å². The molecule has 0 aliphatic carbocycles. The molecule has 0 amide bonds. The zero-order chi connectivity index (χ0) is 23.1. The highest BCUT2D eigenvalue weighted by Crippen LogP contribution is 2.47. The molecule has 1 unspecified atom stereocenters. The fourth-order valence-corrected chi connectivity index (χ4v) is 4.78. The Morgan fingerprint density at radius 3 is 2.21 bits per heavy atom. The first-order valence-corrected chi connectivity index (χ1v) is 12.1. The van der Waals surface area contributed by atoms with Gasteiger partial charge in [-0.2, -0.15) is 5.09 Å². The van der Waals surface area contributed by atoms with Crippen LogP contribution in [-0.4, -0.2) is 12.0 Å². The summed E-state index contributed by atoms with van der Waals surface area (Å²) in [5.41, 5.74) is 0.855. The first-order chi connectivity index (χ1) is 16.0. The summed E-state index contributed by atoms with van der Waals surface area (Å²) in [7, 11) is -4.02. The molecule has 0 aromatic heterocycles. The van der Waals surface area contributed by atoms with Gasteiger partial charge in [-0.1, -0.05) is 84.9 Å². The van der Waals surface area contributed by atoms with E-state index >= 15 is 0 Å². The normalized spacial score (nSPS) is 13.6. The van der Waals surface area contributed by atoms with Gasteiger partial charge in [0, 0.05) is 5.39 Å². The van der Waals surface area contributed by atoms with E-state index in [0.29, 0.717) is 11.5 Å². The van der Waals surface area contributed by atoms with Crippen molar-refractivity contribution in [1.29, 1.82) is 0 Å². The summed E-state index contributed by atoms with van der Waals surface area (Å²) >= 11 is 0. The molecule has 6 nitrogen and oxygen atoms in total. The summed E-state index contributed by atoms with van der Waals surface area (Å²) in [6.45, 7) is 1.67. The number of esters is 1. The molecule has 0 spiro atoms. The van der Waals surface area contributed by atoms with Crippen molar-refractivity contribution in [3.63, 3.8) is 0 Å². The van der Waals surface area contributed by atoms with Crippen LogP contribution in [0.3, 0.4) is 0 Å². The lowest BCUT2D eigenvalue weighted by Crippen LogP contribution is -2.35. The highest BCUT2D eigenvalue weighted by atomic mass is 31.2. The van der Waals surface area contributed by atoms with Gasteiger partial charge < -0.3 is 13.8 Å². The van der Waals surface area contributed by atoms with E-state index in [1.165, 1.54) is 0 Å². The average Bonchev–Trinajstić information content (AvgIpc) is 2.84. The molecule has 168 valence electrons. The molecule has 0 heterocycles. The Balaban J connectivity index is 1.54. The summed E-state index contributed by atoms with van der Waals surface area (Å²) < 4.78 is 30.9. The maximum atomic E-state index is 13.8. The zero-order valence-corrected chi connectivity index (χ0v) is 19.0. The number of para-hydroxylation sites is 1. The Bertz CT molecular complexity index is 1260. The third kappa shape index (κ3) is 6.01. The Morgan fingerprint density at radius 1 is 0.818 bits per heavy atom. The Labute approximate surface area is 192 Å². The van der Waals surface area contributed by atoms with Crippen LogP contribution in [-0.2, 0) is 20.7 Å². The fourth-order valence-electron chi connectivity index (χ4n) is 3.24. The molecule has 2 atom stereocenters. The highest BCUT2D eigenvalue weighted by Gasteiger charge is 2.34. The van der Waals surface area contributed by atoms with Crippen LogP contribution in [0, 0.1) is 0 Å². The summed E-state index contributed by atoms with van der Waals surface area (Å²) in [4.78, 5) is 12.6. The third-order valence-electron chi connectivity index (χ3n) is 4.87. The lowest BCUT2D eigenvalue weighted by molar-refractivity contribution is -0.146. The lowest BCUT2D eigenvalue weighted by atomic mass is 10.1. The van der Waals surface area contributed by atoms with Crippen LogP contribution in [0.15, 0.2) is 103 Å². The van der Waals surface area contributed by atoms with E-state index in [4.69, 9.17) is 13.8 Å². The van der Waals surface area contributed by atoms with Gasteiger partial charge in [-0.15, -0.1) is 0 Å². The first-order valence-electron chi connectivity index (χ1n) is 10.5. The molecule has 4 aromatic carbocycles. The summed E-state index contributed by atoms with van der Waals surface area (Å²) in [6.07, 6.45) is 0. The number of rotatable bonds is 9. The van der Waals surface area contributed by atoms with Crippen molar-refractivity contribution in [2.24, 2.45) is 0 Å². The molecule has 0 aliphatic rings. The number of nitrogens with one attached hydrogen (secondary N) is 1. The van der Waals surface area contributed by atoms with Gasteiger partial charge in [-0.05, 0) is 36.1 Å². The minimum absolute atomic E-state index is 0.111. The van der Waals surface area contributed by atoms with Crippen LogP contribution in [0.1, 0.15) is 12.5 Å². The van der Waals surface area contributed by atoms with Crippen molar-refractivity contribution in [3.8, 4) is 11.5 Å². The highest BCUT2D eigenvalue weighted by molar-refractivity contribution is 7.52. The Hall–Kier alpha value is -3.60. The molecule has 0 fully saturated rings. The van der Waals surface area contributed by atoms with Gasteiger partial charge >= 0.3 is 13.7 Å². The zero-order valence-electron chi connectivity index (χ0n) is 18.1. The molecule has 1 N–H and O–H groups in total. The standard InChI is InChI=1S/C26H24NO5P/c1-20(26(28)30-19-21-11-4-2-5-12-21)27-33(29,31-23-15-6-3-7-16-23)32-25-18-10-14-22-13-8-9-17-24(22)25/h2-18,20H,19H2,1H3,(H,27,29)/t20-,33?/m0/s1. The topological polar surface area (TPSA) is 73.9 Å². The van der Waals surface area contributed by atoms with E-state index in [-0.39, 0.29) is 6.61 Å². The van der Waals surface area contributed by atoms with Crippen LogP contribution in [0.2, 0.25) is 0 Å². The van der Waals surface area contributed by atoms with E-state index in [1.54, 1.807) is 37.3 Å². The van der Waals surface area contributed by atoms with Crippen molar-refractivity contribution < 1.29 is 23.1 Å². The quantitative estimate of drug-likeness (QED) is 0.239. The maximum Gasteiger partial charge on any atom is 0.513 e.